The Morgan fingerprint density at radius 3 is 2.60 bits per heavy atom. The zero-order chi connectivity index (χ0) is 31.1. The van der Waals surface area contributed by atoms with Crippen LogP contribution in [-0.4, -0.2) is 62.0 Å². The number of benzene rings is 2. The lowest BCUT2D eigenvalue weighted by Crippen LogP contribution is -2.40. The van der Waals surface area contributed by atoms with Gasteiger partial charge < -0.3 is 9.64 Å². The quantitative estimate of drug-likeness (QED) is 0.296. The monoisotopic (exact) mass is 634 g/mol. The number of rotatable bonds is 4. The van der Waals surface area contributed by atoms with Crippen molar-refractivity contribution in [2.45, 2.75) is 64.3 Å². The molecule has 5 rings (SSSR count). The molecular weight excluding hydrogens is 605 g/mol. The van der Waals surface area contributed by atoms with Gasteiger partial charge in [-0.1, -0.05) is 23.7 Å². The molecule has 0 radical (unpaired) electrons. The summed E-state index contributed by atoms with van der Waals surface area (Å²) < 4.78 is 47.6. The van der Waals surface area contributed by atoms with Crippen molar-refractivity contribution in [1.29, 1.82) is 0 Å². The molecule has 0 saturated carbocycles. The fourth-order valence-corrected chi connectivity index (χ4v) is 6.50. The van der Waals surface area contributed by atoms with Gasteiger partial charge in [-0.15, -0.1) is 0 Å². The van der Waals surface area contributed by atoms with Crippen LogP contribution in [0.4, 0.5) is 22.8 Å². The first-order valence-corrected chi connectivity index (χ1v) is 15.0. The van der Waals surface area contributed by atoms with Crippen LogP contribution >= 0.6 is 23.4 Å². The molecule has 3 amide bonds. The first kappa shape index (κ1) is 30.9. The minimum Gasteiger partial charge on any atom is -0.444 e. The van der Waals surface area contributed by atoms with Crippen LogP contribution < -0.4 is 0 Å². The molecule has 1 atom stereocenters. The topological polar surface area (TPSA) is 95.6 Å². The average molecular weight is 635 g/mol. The molecule has 2 fully saturated rings. The summed E-state index contributed by atoms with van der Waals surface area (Å²) in [6, 6.07) is 8.20. The standard InChI is InChI=1S/C30H30ClF3N4O4S/c1-29(2,3)42-27(40)37-11-4-5-21(10-12-37)38-26(39)25(43-28(38)41)22(17-7-9-24-19(13-17)16-35-36-24)14-18-6-8-20(31)15-23(18)30(32,33)34/h6-9,13,15-16,21H,4-5,10-12,14H2,1-3H3,(H,35,36). The van der Waals surface area contributed by atoms with Crippen molar-refractivity contribution in [3.8, 4) is 0 Å². The number of hydrogen-bond acceptors (Lipinski definition) is 6. The van der Waals surface area contributed by atoms with Crippen LogP contribution in [0.15, 0.2) is 47.5 Å². The first-order valence-electron chi connectivity index (χ1n) is 13.8. The Kier molecular flexibility index (Phi) is 8.54. The number of fused-ring (bicyclic) bond motifs is 1. The zero-order valence-electron chi connectivity index (χ0n) is 23.8. The molecule has 0 bridgehead atoms. The van der Waals surface area contributed by atoms with Gasteiger partial charge in [-0.05, 0) is 99.2 Å². The molecule has 0 spiro atoms. The van der Waals surface area contributed by atoms with Crippen molar-refractivity contribution in [3.05, 3.63) is 69.2 Å². The fraction of sp³-hybridized carbons (Fsp3) is 0.400. The number of thioether (sulfide) groups is 1. The predicted molar refractivity (Wildman–Crippen MR) is 158 cm³/mol. The molecule has 3 heterocycles. The van der Waals surface area contributed by atoms with E-state index in [0.29, 0.717) is 54.4 Å². The molecule has 2 aromatic carbocycles. The van der Waals surface area contributed by atoms with Crippen molar-refractivity contribution in [2.75, 3.05) is 13.1 Å². The number of likely N-dealkylation sites (tertiary alicyclic amines) is 1. The van der Waals surface area contributed by atoms with E-state index < -0.39 is 40.6 Å². The predicted octanol–water partition coefficient (Wildman–Crippen LogP) is 7.67. The van der Waals surface area contributed by atoms with Gasteiger partial charge in [0, 0.05) is 29.5 Å². The van der Waals surface area contributed by atoms with Crippen LogP contribution in [0.5, 0.6) is 0 Å². The largest absolute Gasteiger partial charge is 0.444 e. The number of allylic oxidation sites excluding steroid dienone is 1. The van der Waals surface area contributed by atoms with Gasteiger partial charge in [0.2, 0.25) is 0 Å². The first-order chi connectivity index (χ1) is 20.2. The van der Waals surface area contributed by atoms with E-state index in [1.165, 1.54) is 17.0 Å². The second-order valence-corrected chi connectivity index (χ2v) is 12.9. The lowest BCUT2D eigenvalue weighted by Gasteiger charge is -2.27. The van der Waals surface area contributed by atoms with Crippen LogP contribution in [0.1, 0.15) is 56.7 Å². The van der Waals surface area contributed by atoms with E-state index in [0.717, 1.165) is 17.8 Å². The number of ether oxygens (including phenoxy) is 1. The van der Waals surface area contributed by atoms with Crippen molar-refractivity contribution in [3.63, 3.8) is 0 Å². The number of H-pyrrole nitrogens is 1. The Balaban J connectivity index is 1.50. The molecule has 1 aromatic heterocycles. The molecule has 1 unspecified atom stereocenters. The van der Waals surface area contributed by atoms with Gasteiger partial charge in [0.05, 0.1) is 22.2 Å². The number of hydrogen-bond donors (Lipinski definition) is 1. The van der Waals surface area contributed by atoms with Crippen molar-refractivity contribution < 1.29 is 32.3 Å². The Bertz CT molecular complexity index is 1610. The van der Waals surface area contributed by atoms with Crippen LogP contribution in [-0.2, 0) is 22.1 Å². The number of halogens is 4. The normalized spacial score (nSPS) is 19.7. The van der Waals surface area contributed by atoms with Gasteiger partial charge in [-0.3, -0.25) is 19.6 Å². The SMILES string of the molecule is CC(C)(C)OC(=O)N1CCCC(N2C(=O)SC(=C(Cc3ccc(Cl)cc3C(F)(F)F)c3ccc4[nH]ncc4c3)C2=O)CC1. The number of imide groups is 1. The van der Waals surface area contributed by atoms with Gasteiger partial charge in [0.25, 0.3) is 11.1 Å². The van der Waals surface area contributed by atoms with Gasteiger partial charge >= 0.3 is 12.3 Å². The Labute approximate surface area is 255 Å². The molecule has 228 valence electrons. The Hall–Kier alpha value is -3.51. The molecule has 1 N–H and O–H groups in total. The van der Waals surface area contributed by atoms with E-state index in [4.69, 9.17) is 16.3 Å². The van der Waals surface area contributed by atoms with E-state index in [9.17, 15) is 27.6 Å². The minimum absolute atomic E-state index is 0.0634. The minimum atomic E-state index is -4.68. The highest BCUT2D eigenvalue weighted by Crippen LogP contribution is 2.43. The van der Waals surface area contributed by atoms with E-state index in [1.54, 1.807) is 50.1 Å². The number of nitrogens with one attached hydrogen (secondary N) is 1. The molecule has 43 heavy (non-hydrogen) atoms. The van der Waals surface area contributed by atoms with E-state index in [1.807, 2.05) is 0 Å². The number of alkyl halides is 3. The summed E-state index contributed by atoms with van der Waals surface area (Å²) in [5.41, 5.74) is -0.135. The molecule has 8 nitrogen and oxygen atoms in total. The highest BCUT2D eigenvalue weighted by Gasteiger charge is 2.43. The third-order valence-electron chi connectivity index (χ3n) is 7.32. The van der Waals surface area contributed by atoms with Gasteiger partial charge in [0.1, 0.15) is 5.60 Å². The van der Waals surface area contributed by atoms with Crippen molar-refractivity contribution in [1.82, 2.24) is 20.0 Å². The number of carbonyl (C=O) groups is 3. The maximum absolute atomic E-state index is 14.0. The van der Waals surface area contributed by atoms with Crippen LogP contribution in [0, 0.1) is 0 Å². The van der Waals surface area contributed by atoms with Crippen molar-refractivity contribution in [2.24, 2.45) is 0 Å². The maximum atomic E-state index is 14.0. The molecule has 2 aliphatic heterocycles. The van der Waals surface area contributed by atoms with Crippen LogP contribution in [0.25, 0.3) is 16.5 Å². The smallest absolute Gasteiger partial charge is 0.416 e. The molecule has 2 saturated heterocycles. The number of amides is 3. The molecule has 13 heteroatoms. The maximum Gasteiger partial charge on any atom is 0.416 e. The Morgan fingerprint density at radius 2 is 1.88 bits per heavy atom. The molecule has 3 aromatic rings. The second-order valence-electron chi connectivity index (χ2n) is 11.6. The van der Waals surface area contributed by atoms with Gasteiger partial charge in [-0.2, -0.15) is 18.3 Å². The van der Waals surface area contributed by atoms with E-state index in [2.05, 4.69) is 10.2 Å². The Morgan fingerprint density at radius 1 is 1.12 bits per heavy atom. The van der Waals surface area contributed by atoms with Gasteiger partial charge in [-0.25, -0.2) is 4.79 Å². The van der Waals surface area contributed by atoms with Gasteiger partial charge in [0.15, 0.2) is 0 Å². The van der Waals surface area contributed by atoms with Crippen LogP contribution in [0.2, 0.25) is 5.02 Å². The van der Waals surface area contributed by atoms with Crippen molar-refractivity contribution >= 4 is 57.1 Å². The third-order valence-corrected chi connectivity index (χ3v) is 8.55. The second kappa shape index (κ2) is 11.9. The number of nitrogens with zero attached hydrogens (tertiary/aromatic N) is 3. The summed E-state index contributed by atoms with van der Waals surface area (Å²) in [4.78, 5) is 42.8. The van der Waals surface area contributed by atoms with Crippen LogP contribution in [0.3, 0.4) is 0 Å². The summed E-state index contributed by atoms with van der Waals surface area (Å²) in [6.45, 7) is 6.06. The molecule has 0 aliphatic carbocycles. The summed E-state index contributed by atoms with van der Waals surface area (Å²) in [5.74, 6) is -0.560. The number of aromatic amines is 1. The fourth-order valence-electron chi connectivity index (χ4n) is 5.33. The van der Waals surface area contributed by atoms with E-state index in [-0.39, 0.29) is 21.9 Å². The third kappa shape index (κ3) is 6.85. The number of aromatic nitrogens is 2. The summed E-state index contributed by atoms with van der Waals surface area (Å²) in [7, 11) is 0. The summed E-state index contributed by atoms with van der Waals surface area (Å²) in [6.07, 6.45) is -2.43. The lowest BCUT2D eigenvalue weighted by atomic mass is 9.93. The highest BCUT2D eigenvalue weighted by atomic mass is 35.5. The number of carbonyl (C=O) groups excluding carboxylic acids is 3. The highest BCUT2D eigenvalue weighted by molar-refractivity contribution is 8.18. The molecular formula is C30H30ClF3N4O4S. The van der Waals surface area contributed by atoms with E-state index >= 15 is 0 Å². The lowest BCUT2D eigenvalue weighted by molar-refractivity contribution is -0.138. The summed E-state index contributed by atoms with van der Waals surface area (Å²) in [5, 5.41) is 6.99. The average Bonchev–Trinajstić information content (AvgIpc) is 3.40. The zero-order valence-corrected chi connectivity index (χ0v) is 25.3. The summed E-state index contributed by atoms with van der Waals surface area (Å²) >= 11 is 6.64. The molecule has 2 aliphatic rings.